The number of ether oxygens (including phenoxy) is 4. The number of benzene rings is 1. The molecule has 4 aromatic heterocycles. The quantitative estimate of drug-likeness (QED) is 0.107. The second-order valence-corrected chi connectivity index (χ2v) is 11.6. The van der Waals surface area contributed by atoms with Crippen LogP contribution in [0.4, 0.5) is 0 Å². The van der Waals surface area contributed by atoms with E-state index in [1.165, 1.54) is 28.2 Å². The lowest BCUT2D eigenvalue weighted by atomic mass is 9.92. The molecule has 0 atom stereocenters. The molecule has 1 aromatic carbocycles. The number of nitrogens with zero attached hydrogens (tertiary/aromatic N) is 4. The standard InChI is InChI=1S/C36H42N4O4/c1-3-4-17-41-18-7-5-6-8-19-42-36-23-28(13-16-38-36)43-29-21-30(22-29)44-35-12-10-27(24-39-35)26-9-11-31-32-25-37-15-14-33(32)40(2)34(31)20-26/h9-16,20,23-25,29-30H,3-8,17-19,21-22H2,1-2H3. The number of pyridine rings is 3. The van der Waals surface area contributed by atoms with Gasteiger partial charge in [0.15, 0.2) is 0 Å². The molecule has 44 heavy (non-hydrogen) atoms. The summed E-state index contributed by atoms with van der Waals surface area (Å²) in [6.45, 7) is 4.59. The summed E-state index contributed by atoms with van der Waals surface area (Å²) in [5.41, 5.74) is 4.53. The average Bonchev–Trinajstić information content (AvgIpc) is 3.32. The zero-order chi connectivity index (χ0) is 30.1. The van der Waals surface area contributed by atoms with Gasteiger partial charge in [0.25, 0.3) is 0 Å². The summed E-state index contributed by atoms with van der Waals surface area (Å²) in [4.78, 5) is 13.2. The molecule has 1 aliphatic rings. The lowest BCUT2D eigenvalue weighted by Gasteiger charge is -2.35. The fourth-order valence-electron chi connectivity index (χ4n) is 5.66. The number of fused-ring (bicyclic) bond motifs is 3. The lowest BCUT2D eigenvalue weighted by Crippen LogP contribution is -2.41. The molecule has 4 heterocycles. The second kappa shape index (κ2) is 14.5. The van der Waals surface area contributed by atoms with Crippen LogP contribution in [0.5, 0.6) is 17.5 Å². The minimum absolute atomic E-state index is 0.0914. The van der Waals surface area contributed by atoms with E-state index in [9.17, 15) is 0 Å². The molecule has 0 N–H and O–H groups in total. The van der Waals surface area contributed by atoms with Crippen LogP contribution in [0.25, 0.3) is 32.9 Å². The van der Waals surface area contributed by atoms with Crippen molar-refractivity contribution < 1.29 is 18.9 Å². The normalized spacial score (nSPS) is 16.2. The molecule has 0 unspecified atom stereocenters. The number of hydrogen-bond acceptors (Lipinski definition) is 7. The summed E-state index contributed by atoms with van der Waals surface area (Å²) in [6, 6.07) is 16.4. The van der Waals surface area contributed by atoms with E-state index in [-0.39, 0.29) is 12.2 Å². The van der Waals surface area contributed by atoms with Crippen LogP contribution >= 0.6 is 0 Å². The third-order valence-electron chi connectivity index (χ3n) is 8.30. The highest BCUT2D eigenvalue weighted by Gasteiger charge is 2.33. The van der Waals surface area contributed by atoms with Crippen LogP contribution in [-0.2, 0) is 11.8 Å². The molecule has 0 bridgehead atoms. The molecule has 6 rings (SSSR count). The van der Waals surface area contributed by atoms with Gasteiger partial charge in [-0.2, -0.15) is 0 Å². The Hall–Kier alpha value is -4.17. The molecule has 230 valence electrons. The largest absolute Gasteiger partial charge is 0.490 e. The highest BCUT2D eigenvalue weighted by Crippen LogP contribution is 2.33. The molecule has 0 spiro atoms. The van der Waals surface area contributed by atoms with Gasteiger partial charge < -0.3 is 23.5 Å². The molecule has 8 heteroatoms. The summed E-state index contributed by atoms with van der Waals surface area (Å²) in [7, 11) is 2.09. The van der Waals surface area contributed by atoms with E-state index in [0.29, 0.717) is 18.4 Å². The molecule has 1 aliphatic carbocycles. The maximum atomic E-state index is 6.16. The molecule has 8 nitrogen and oxygen atoms in total. The fourth-order valence-corrected chi connectivity index (χ4v) is 5.66. The van der Waals surface area contributed by atoms with Crippen molar-refractivity contribution >= 4 is 21.8 Å². The zero-order valence-corrected chi connectivity index (χ0v) is 25.8. The monoisotopic (exact) mass is 594 g/mol. The third-order valence-corrected chi connectivity index (χ3v) is 8.30. The van der Waals surface area contributed by atoms with Gasteiger partial charge >= 0.3 is 0 Å². The van der Waals surface area contributed by atoms with Gasteiger partial charge in [-0.1, -0.05) is 31.9 Å². The number of aryl methyl sites for hydroxylation is 1. The van der Waals surface area contributed by atoms with Gasteiger partial charge in [0.2, 0.25) is 11.8 Å². The van der Waals surface area contributed by atoms with Crippen molar-refractivity contribution in [3.05, 3.63) is 73.3 Å². The Bertz CT molecular complexity index is 1650. The maximum Gasteiger partial charge on any atom is 0.216 e. The predicted molar refractivity (Wildman–Crippen MR) is 173 cm³/mol. The van der Waals surface area contributed by atoms with E-state index in [1.807, 2.05) is 36.8 Å². The summed E-state index contributed by atoms with van der Waals surface area (Å²) in [6.07, 6.45) is 16.0. The van der Waals surface area contributed by atoms with Crippen LogP contribution in [0.1, 0.15) is 58.3 Å². The number of hydrogen-bond donors (Lipinski definition) is 0. The number of rotatable bonds is 16. The summed E-state index contributed by atoms with van der Waals surface area (Å²) in [5, 5.41) is 2.37. The number of aromatic nitrogens is 4. The van der Waals surface area contributed by atoms with Crippen molar-refractivity contribution in [3.63, 3.8) is 0 Å². The van der Waals surface area contributed by atoms with E-state index in [2.05, 4.69) is 63.8 Å². The fraction of sp³-hybridized carbons (Fsp3) is 0.417. The van der Waals surface area contributed by atoms with Gasteiger partial charge in [0.1, 0.15) is 18.0 Å². The minimum Gasteiger partial charge on any atom is -0.490 e. The van der Waals surface area contributed by atoms with Crippen molar-refractivity contribution in [2.24, 2.45) is 7.05 Å². The second-order valence-electron chi connectivity index (χ2n) is 11.6. The van der Waals surface area contributed by atoms with Crippen molar-refractivity contribution in [1.29, 1.82) is 0 Å². The van der Waals surface area contributed by atoms with Gasteiger partial charge in [-0.15, -0.1) is 0 Å². The van der Waals surface area contributed by atoms with Gasteiger partial charge in [0, 0.05) is 91.9 Å². The molecular formula is C36H42N4O4. The van der Waals surface area contributed by atoms with E-state index in [4.69, 9.17) is 18.9 Å². The molecule has 1 fully saturated rings. The van der Waals surface area contributed by atoms with Gasteiger partial charge in [-0.05, 0) is 55.5 Å². The van der Waals surface area contributed by atoms with Gasteiger partial charge in [-0.25, -0.2) is 9.97 Å². The van der Waals surface area contributed by atoms with Crippen molar-refractivity contribution in [3.8, 4) is 28.6 Å². The van der Waals surface area contributed by atoms with Crippen LogP contribution in [0.2, 0.25) is 0 Å². The first-order valence-corrected chi connectivity index (χ1v) is 16.0. The van der Waals surface area contributed by atoms with Gasteiger partial charge in [0.05, 0.1) is 12.1 Å². The molecule has 0 amide bonds. The topological polar surface area (TPSA) is 80.5 Å². The Morgan fingerprint density at radius 2 is 1.52 bits per heavy atom. The highest BCUT2D eigenvalue weighted by atomic mass is 16.5. The smallest absolute Gasteiger partial charge is 0.216 e. The van der Waals surface area contributed by atoms with E-state index < -0.39 is 0 Å². The van der Waals surface area contributed by atoms with Crippen LogP contribution < -0.4 is 14.2 Å². The highest BCUT2D eigenvalue weighted by molar-refractivity contribution is 6.08. The van der Waals surface area contributed by atoms with Crippen LogP contribution in [0.3, 0.4) is 0 Å². The molecule has 0 aliphatic heterocycles. The zero-order valence-electron chi connectivity index (χ0n) is 25.8. The minimum atomic E-state index is 0.0914. The summed E-state index contributed by atoms with van der Waals surface area (Å²) < 4.78 is 26.0. The number of unbranched alkanes of at least 4 members (excludes halogenated alkanes) is 4. The molecule has 0 saturated heterocycles. The Kier molecular flexibility index (Phi) is 9.87. The Labute approximate surface area is 259 Å². The van der Waals surface area contributed by atoms with Crippen molar-refractivity contribution in [2.45, 2.75) is 70.5 Å². The van der Waals surface area contributed by atoms with Crippen LogP contribution in [0, 0.1) is 0 Å². The van der Waals surface area contributed by atoms with E-state index in [0.717, 1.165) is 75.0 Å². The molecule has 5 aromatic rings. The van der Waals surface area contributed by atoms with Gasteiger partial charge in [-0.3, -0.25) is 4.98 Å². The Morgan fingerprint density at radius 3 is 2.36 bits per heavy atom. The average molecular weight is 595 g/mol. The summed E-state index contributed by atoms with van der Waals surface area (Å²) >= 11 is 0. The predicted octanol–water partition coefficient (Wildman–Crippen LogP) is 7.93. The van der Waals surface area contributed by atoms with Crippen LogP contribution in [-0.4, -0.2) is 51.5 Å². The van der Waals surface area contributed by atoms with Crippen molar-refractivity contribution in [1.82, 2.24) is 19.5 Å². The first-order chi connectivity index (χ1) is 21.7. The van der Waals surface area contributed by atoms with Crippen LogP contribution in [0.15, 0.2) is 73.3 Å². The first kappa shape index (κ1) is 29.9. The molecule has 0 radical (unpaired) electrons. The first-order valence-electron chi connectivity index (χ1n) is 16.0. The Balaban J connectivity index is 0.922. The van der Waals surface area contributed by atoms with E-state index in [1.54, 1.807) is 6.20 Å². The maximum absolute atomic E-state index is 6.16. The molecular weight excluding hydrogens is 552 g/mol. The molecule has 1 saturated carbocycles. The third kappa shape index (κ3) is 7.30. The van der Waals surface area contributed by atoms with Crippen molar-refractivity contribution in [2.75, 3.05) is 19.8 Å². The van der Waals surface area contributed by atoms with E-state index >= 15 is 0 Å². The Morgan fingerprint density at radius 1 is 0.705 bits per heavy atom. The lowest BCUT2D eigenvalue weighted by molar-refractivity contribution is 0.00212. The SMILES string of the molecule is CCCCOCCCCCCOc1cc(OC2CC(Oc3ccc(-c4ccc5c6cnccc6n(C)c5c4)cn3)C2)ccn1. The summed E-state index contributed by atoms with van der Waals surface area (Å²) in [5.74, 6) is 2.03.